The van der Waals surface area contributed by atoms with E-state index in [-0.39, 0.29) is 18.0 Å². The van der Waals surface area contributed by atoms with Crippen LogP contribution >= 0.6 is 11.6 Å². The first kappa shape index (κ1) is 21.3. The fraction of sp³-hybridized carbons (Fsp3) is 0.435. The van der Waals surface area contributed by atoms with E-state index in [0.29, 0.717) is 30.3 Å². The minimum atomic E-state index is -0.192. The number of ether oxygens (including phenoxy) is 1. The summed E-state index contributed by atoms with van der Waals surface area (Å²) in [7, 11) is 0. The molecule has 0 spiro atoms. The lowest BCUT2D eigenvalue weighted by molar-refractivity contribution is 0.0906. The molecule has 0 bridgehead atoms. The van der Waals surface area contributed by atoms with Crippen LogP contribution in [0.4, 0.5) is 10.1 Å². The average Bonchev–Trinajstić information content (AvgIpc) is 3.49. The molecule has 2 atom stereocenters. The van der Waals surface area contributed by atoms with Crippen molar-refractivity contribution in [3.63, 3.8) is 0 Å². The van der Waals surface area contributed by atoms with Gasteiger partial charge in [-0.05, 0) is 47.0 Å². The number of tetrazole rings is 1. The smallest absolute Gasteiger partial charge is 0.173 e. The Labute approximate surface area is 191 Å². The summed E-state index contributed by atoms with van der Waals surface area (Å²) in [6.07, 6.45) is 2.20. The van der Waals surface area contributed by atoms with Gasteiger partial charge in [-0.2, -0.15) is 0 Å². The highest BCUT2D eigenvalue weighted by Crippen LogP contribution is 2.34. The molecule has 0 saturated carbocycles. The van der Waals surface area contributed by atoms with Crippen LogP contribution in [0.1, 0.15) is 30.3 Å². The van der Waals surface area contributed by atoms with Crippen LogP contribution in [-0.2, 0) is 11.3 Å². The third-order valence-electron chi connectivity index (χ3n) is 6.28. The molecule has 2 aliphatic rings. The van der Waals surface area contributed by atoms with Crippen molar-refractivity contribution in [2.75, 3.05) is 37.7 Å². The van der Waals surface area contributed by atoms with E-state index in [2.05, 4.69) is 25.3 Å². The number of halogens is 2. The van der Waals surface area contributed by atoms with Gasteiger partial charge >= 0.3 is 0 Å². The summed E-state index contributed by atoms with van der Waals surface area (Å²) in [6, 6.07) is 14.6. The SMILES string of the molecule is Fc1ccccc1N1CCN([C@H](c2ccccc2Cl)c2nnnn2C[C@@H]2CCCO2)CC1. The molecular formula is C23H26ClFN6O. The largest absolute Gasteiger partial charge is 0.376 e. The van der Waals surface area contributed by atoms with E-state index in [1.165, 1.54) is 6.07 Å². The summed E-state index contributed by atoms with van der Waals surface area (Å²) >= 11 is 6.63. The van der Waals surface area contributed by atoms with E-state index in [0.717, 1.165) is 43.9 Å². The Morgan fingerprint density at radius 3 is 2.59 bits per heavy atom. The normalized spacial score (nSPS) is 20.6. The second-order valence-electron chi connectivity index (χ2n) is 8.25. The molecule has 0 amide bonds. The van der Waals surface area contributed by atoms with E-state index in [4.69, 9.17) is 16.3 Å². The molecule has 5 rings (SSSR count). The van der Waals surface area contributed by atoms with Crippen molar-refractivity contribution in [3.05, 3.63) is 70.8 Å². The fourth-order valence-electron chi connectivity index (χ4n) is 4.64. The number of anilines is 1. The molecule has 1 aromatic heterocycles. The molecule has 2 aliphatic heterocycles. The number of benzene rings is 2. The molecule has 0 radical (unpaired) electrons. The molecule has 32 heavy (non-hydrogen) atoms. The van der Waals surface area contributed by atoms with Gasteiger partial charge in [-0.25, -0.2) is 9.07 Å². The predicted octanol–water partition coefficient (Wildman–Crippen LogP) is 3.56. The standard InChI is InChI=1S/C23H26ClFN6O/c24-19-8-2-1-7-18(19)22(23-26-27-28-31(23)16-17-6-5-15-32-17)30-13-11-29(12-14-30)21-10-4-3-9-20(21)25/h1-4,7-10,17,22H,5-6,11-16H2/t17-,22+/m0/s1. The maximum absolute atomic E-state index is 14.3. The Morgan fingerprint density at radius 1 is 1.06 bits per heavy atom. The van der Waals surface area contributed by atoms with E-state index >= 15 is 0 Å². The third kappa shape index (κ3) is 4.35. The van der Waals surface area contributed by atoms with Crippen LogP contribution in [0.5, 0.6) is 0 Å². The Hall–Kier alpha value is -2.55. The third-order valence-corrected chi connectivity index (χ3v) is 6.62. The maximum atomic E-state index is 14.3. The van der Waals surface area contributed by atoms with E-state index in [1.807, 2.05) is 41.1 Å². The summed E-state index contributed by atoms with van der Waals surface area (Å²) in [5.74, 6) is 0.567. The minimum Gasteiger partial charge on any atom is -0.376 e. The van der Waals surface area contributed by atoms with Crippen LogP contribution in [-0.4, -0.2) is 64.0 Å². The lowest BCUT2D eigenvalue weighted by Gasteiger charge is -2.40. The van der Waals surface area contributed by atoms with Crippen molar-refractivity contribution in [1.29, 1.82) is 0 Å². The molecule has 3 aromatic rings. The summed E-state index contributed by atoms with van der Waals surface area (Å²) in [4.78, 5) is 4.42. The molecule has 0 aliphatic carbocycles. The quantitative estimate of drug-likeness (QED) is 0.565. The Morgan fingerprint density at radius 2 is 1.84 bits per heavy atom. The van der Waals surface area contributed by atoms with Gasteiger partial charge < -0.3 is 9.64 Å². The van der Waals surface area contributed by atoms with Gasteiger partial charge in [0.05, 0.1) is 24.4 Å². The lowest BCUT2D eigenvalue weighted by atomic mass is 10.0. The van der Waals surface area contributed by atoms with Crippen molar-refractivity contribution in [2.24, 2.45) is 0 Å². The number of para-hydroxylation sites is 1. The van der Waals surface area contributed by atoms with E-state index < -0.39 is 0 Å². The van der Waals surface area contributed by atoms with Crippen LogP contribution in [0, 0.1) is 5.82 Å². The molecule has 7 nitrogen and oxygen atoms in total. The van der Waals surface area contributed by atoms with Gasteiger partial charge in [0, 0.05) is 37.8 Å². The number of piperazine rings is 1. The Balaban J connectivity index is 1.42. The first-order valence-electron chi connectivity index (χ1n) is 11.1. The minimum absolute atomic E-state index is 0.127. The van der Waals surface area contributed by atoms with Gasteiger partial charge in [0.1, 0.15) is 5.82 Å². The van der Waals surface area contributed by atoms with Crippen molar-refractivity contribution in [3.8, 4) is 0 Å². The monoisotopic (exact) mass is 456 g/mol. The number of nitrogens with zero attached hydrogens (tertiary/aromatic N) is 6. The molecular weight excluding hydrogens is 431 g/mol. The van der Waals surface area contributed by atoms with E-state index in [9.17, 15) is 4.39 Å². The topological polar surface area (TPSA) is 59.3 Å². The predicted molar refractivity (Wildman–Crippen MR) is 120 cm³/mol. The summed E-state index contributed by atoms with van der Waals surface area (Å²) in [5.41, 5.74) is 1.61. The molecule has 2 aromatic carbocycles. The van der Waals surface area contributed by atoms with Gasteiger partial charge in [0.2, 0.25) is 0 Å². The highest BCUT2D eigenvalue weighted by Gasteiger charge is 2.33. The van der Waals surface area contributed by atoms with Gasteiger partial charge in [0.25, 0.3) is 0 Å². The summed E-state index contributed by atoms with van der Waals surface area (Å²) < 4.78 is 22.0. The zero-order chi connectivity index (χ0) is 21.9. The second kappa shape index (κ2) is 9.52. The maximum Gasteiger partial charge on any atom is 0.173 e. The first-order valence-corrected chi connectivity index (χ1v) is 11.4. The zero-order valence-electron chi connectivity index (χ0n) is 17.8. The Bertz CT molecular complexity index is 1050. The van der Waals surface area contributed by atoms with Crippen LogP contribution in [0.3, 0.4) is 0 Å². The molecule has 0 unspecified atom stereocenters. The number of hydrogen-bond acceptors (Lipinski definition) is 6. The summed E-state index contributed by atoms with van der Waals surface area (Å²) in [6.45, 7) is 4.28. The lowest BCUT2D eigenvalue weighted by Crippen LogP contribution is -2.48. The van der Waals surface area contributed by atoms with Gasteiger partial charge in [-0.3, -0.25) is 4.90 Å². The van der Waals surface area contributed by atoms with Crippen LogP contribution in [0.25, 0.3) is 0 Å². The highest BCUT2D eigenvalue weighted by molar-refractivity contribution is 6.31. The number of hydrogen-bond donors (Lipinski definition) is 0. The fourth-order valence-corrected chi connectivity index (χ4v) is 4.88. The van der Waals surface area contributed by atoms with E-state index in [1.54, 1.807) is 6.07 Å². The van der Waals surface area contributed by atoms with Gasteiger partial charge in [-0.15, -0.1) is 5.10 Å². The molecule has 2 fully saturated rings. The first-order chi connectivity index (χ1) is 15.7. The van der Waals surface area contributed by atoms with Crippen LogP contribution in [0.15, 0.2) is 48.5 Å². The molecule has 0 N–H and O–H groups in total. The summed E-state index contributed by atoms with van der Waals surface area (Å²) in [5, 5.41) is 13.4. The molecule has 168 valence electrons. The van der Waals surface area contributed by atoms with Gasteiger partial charge in [0.15, 0.2) is 5.82 Å². The second-order valence-corrected chi connectivity index (χ2v) is 8.66. The number of rotatable bonds is 6. The zero-order valence-corrected chi connectivity index (χ0v) is 18.5. The van der Waals surface area contributed by atoms with Crippen molar-refractivity contribution in [2.45, 2.75) is 31.5 Å². The van der Waals surface area contributed by atoms with Crippen LogP contribution < -0.4 is 4.90 Å². The van der Waals surface area contributed by atoms with Gasteiger partial charge in [-0.1, -0.05) is 41.9 Å². The van der Waals surface area contributed by atoms with Crippen LogP contribution in [0.2, 0.25) is 5.02 Å². The Kier molecular flexibility index (Phi) is 6.34. The molecule has 2 saturated heterocycles. The highest BCUT2D eigenvalue weighted by atomic mass is 35.5. The van der Waals surface area contributed by atoms with Crippen molar-refractivity contribution >= 4 is 17.3 Å². The number of aromatic nitrogens is 4. The molecule has 3 heterocycles. The van der Waals surface area contributed by atoms with Crippen molar-refractivity contribution in [1.82, 2.24) is 25.1 Å². The molecule has 9 heteroatoms. The average molecular weight is 457 g/mol. The van der Waals surface area contributed by atoms with Crippen molar-refractivity contribution < 1.29 is 9.13 Å².